The summed E-state index contributed by atoms with van der Waals surface area (Å²) in [6, 6.07) is 13.2. The molecule has 1 heterocycles. The Morgan fingerprint density at radius 3 is 2.59 bits per heavy atom. The number of benzene rings is 2. The van der Waals surface area contributed by atoms with Crippen molar-refractivity contribution in [3.8, 4) is 0 Å². The molecule has 0 atom stereocenters. The maximum atomic E-state index is 12.8. The third-order valence-electron chi connectivity index (χ3n) is 3.24. The summed E-state index contributed by atoms with van der Waals surface area (Å²) in [7, 11) is 0. The minimum atomic E-state index is -0.313. The maximum Gasteiger partial charge on any atom is 0.268 e. The highest BCUT2D eigenvalue weighted by Crippen LogP contribution is 2.15. The van der Waals surface area contributed by atoms with Crippen molar-refractivity contribution in [3.63, 3.8) is 0 Å². The number of fused-ring (bicyclic) bond motifs is 1. The van der Waals surface area contributed by atoms with Gasteiger partial charge in [0, 0.05) is 6.54 Å². The highest BCUT2D eigenvalue weighted by atomic mass is 32.1. The number of amides is 1. The van der Waals surface area contributed by atoms with Crippen molar-refractivity contribution in [2.45, 2.75) is 13.1 Å². The molecule has 112 valence electrons. The van der Waals surface area contributed by atoms with Gasteiger partial charge in [-0.2, -0.15) is 0 Å². The number of aromatic nitrogens is 1. The average molecular weight is 316 g/mol. The summed E-state index contributed by atoms with van der Waals surface area (Å²) in [5.41, 5.74) is 0.649. The fraction of sp³-hybridized carbons (Fsp3) is 0.125. The van der Waals surface area contributed by atoms with Crippen LogP contribution in [0.3, 0.4) is 0 Å². The van der Waals surface area contributed by atoms with Crippen molar-refractivity contribution in [2.75, 3.05) is 0 Å². The standard InChI is InChI=1S/C16H13FN2O2S/c17-12-7-5-11(6-8-12)9-18-15(20)10-19-16(21)13-3-1-2-4-14(13)22-19/h1-8H,9-10H2,(H,18,20). The molecule has 0 aliphatic heterocycles. The molecule has 0 saturated heterocycles. The number of nitrogens with one attached hydrogen (secondary N) is 1. The van der Waals surface area contributed by atoms with Gasteiger partial charge in [-0.3, -0.25) is 13.5 Å². The Bertz CT molecular complexity index is 868. The van der Waals surface area contributed by atoms with Crippen molar-refractivity contribution in [3.05, 3.63) is 70.3 Å². The molecule has 2 aromatic carbocycles. The van der Waals surface area contributed by atoms with Crippen LogP contribution in [-0.2, 0) is 17.9 Å². The van der Waals surface area contributed by atoms with E-state index in [0.717, 1.165) is 10.3 Å². The molecule has 1 N–H and O–H groups in total. The predicted molar refractivity (Wildman–Crippen MR) is 84.3 cm³/mol. The zero-order valence-electron chi connectivity index (χ0n) is 11.6. The molecule has 3 aromatic rings. The van der Waals surface area contributed by atoms with E-state index in [4.69, 9.17) is 0 Å². The molecular weight excluding hydrogens is 303 g/mol. The van der Waals surface area contributed by atoms with E-state index in [0.29, 0.717) is 11.9 Å². The zero-order chi connectivity index (χ0) is 15.5. The van der Waals surface area contributed by atoms with Gasteiger partial charge in [0.25, 0.3) is 5.56 Å². The van der Waals surface area contributed by atoms with E-state index in [2.05, 4.69) is 5.32 Å². The Hall–Kier alpha value is -2.47. The quantitative estimate of drug-likeness (QED) is 0.804. The van der Waals surface area contributed by atoms with E-state index >= 15 is 0 Å². The second-order valence-electron chi connectivity index (χ2n) is 4.83. The minimum Gasteiger partial charge on any atom is -0.350 e. The molecule has 1 amide bonds. The number of rotatable bonds is 4. The monoisotopic (exact) mass is 316 g/mol. The van der Waals surface area contributed by atoms with Gasteiger partial charge in [0.15, 0.2) is 0 Å². The van der Waals surface area contributed by atoms with E-state index in [1.54, 1.807) is 24.3 Å². The van der Waals surface area contributed by atoms with Crippen molar-refractivity contribution in [1.82, 2.24) is 9.27 Å². The molecule has 0 aliphatic carbocycles. The lowest BCUT2D eigenvalue weighted by molar-refractivity contribution is -0.121. The number of carbonyl (C=O) groups is 1. The van der Waals surface area contributed by atoms with E-state index in [-0.39, 0.29) is 23.8 Å². The summed E-state index contributed by atoms with van der Waals surface area (Å²) in [4.78, 5) is 24.1. The fourth-order valence-corrected chi connectivity index (χ4v) is 3.10. The van der Waals surface area contributed by atoms with E-state index < -0.39 is 0 Å². The van der Waals surface area contributed by atoms with Crippen LogP contribution in [0.5, 0.6) is 0 Å². The van der Waals surface area contributed by atoms with Gasteiger partial charge < -0.3 is 5.32 Å². The maximum absolute atomic E-state index is 12.8. The molecule has 0 radical (unpaired) electrons. The number of hydrogen-bond acceptors (Lipinski definition) is 3. The highest BCUT2D eigenvalue weighted by Gasteiger charge is 2.10. The summed E-state index contributed by atoms with van der Waals surface area (Å²) >= 11 is 1.27. The van der Waals surface area contributed by atoms with Gasteiger partial charge in [-0.25, -0.2) is 4.39 Å². The van der Waals surface area contributed by atoms with Gasteiger partial charge in [-0.1, -0.05) is 35.8 Å². The fourth-order valence-electron chi connectivity index (χ4n) is 2.11. The summed E-state index contributed by atoms with van der Waals surface area (Å²) in [6.07, 6.45) is 0. The third-order valence-corrected chi connectivity index (χ3v) is 4.31. The molecule has 0 bridgehead atoms. The van der Waals surface area contributed by atoms with Crippen LogP contribution in [0, 0.1) is 5.82 Å². The first kappa shape index (κ1) is 14.5. The largest absolute Gasteiger partial charge is 0.350 e. The van der Waals surface area contributed by atoms with Crippen LogP contribution in [0.1, 0.15) is 5.56 Å². The van der Waals surface area contributed by atoms with Crippen molar-refractivity contribution in [2.24, 2.45) is 0 Å². The second-order valence-corrected chi connectivity index (χ2v) is 5.90. The lowest BCUT2D eigenvalue weighted by atomic mass is 10.2. The molecule has 0 saturated carbocycles. The Morgan fingerprint density at radius 1 is 1.14 bits per heavy atom. The molecule has 6 heteroatoms. The smallest absolute Gasteiger partial charge is 0.268 e. The zero-order valence-corrected chi connectivity index (χ0v) is 12.4. The summed E-state index contributed by atoms with van der Waals surface area (Å²) in [5, 5.41) is 3.35. The van der Waals surface area contributed by atoms with Crippen LogP contribution in [0.25, 0.3) is 10.1 Å². The Labute approximate surface area is 130 Å². The van der Waals surface area contributed by atoms with Gasteiger partial charge in [0.2, 0.25) is 5.91 Å². The Balaban J connectivity index is 1.67. The molecule has 1 aromatic heterocycles. The van der Waals surface area contributed by atoms with Crippen molar-refractivity contribution < 1.29 is 9.18 Å². The van der Waals surface area contributed by atoms with Gasteiger partial charge >= 0.3 is 0 Å². The Morgan fingerprint density at radius 2 is 1.86 bits per heavy atom. The Kier molecular flexibility index (Phi) is 4.02. The SMILES string of the molecule is O=C(Cn1sc2ccccc2c1=O)NCc1ccc(F)cc1. The lowest BCUT2D eigenvalue weighted by Gasteiger charge is -2.05. The molecule has 4 nitrogen and oxygen atoms in total. The molecule has 0 fully saturated rings. The predicted octanol–water partition coefficient (Wildman–Crippen LogP) is 2.52. The number of nitrogens with zero attached hydrogens (tertiary/aromatic N) is 1. The normalized spacial score (nSPS) is 10.8. The molecular formula is C16H13FN2O2S. The van der Waals surface area contributed by atoms with Crippen molar-refractivity contribution >= 4 is 27.5 Å². The number of hydrogen-bond donors (Lipinski definition) is 1. The first-order chi connectivity index (χ1) is 10.6. The summed E-state index contributed by atoms with van der Waals surface area (Å²) < 4.78 is 15.1. The molecule has 0 unspecified atom stereocenters. The van der Waals surface area contributed by atoms with Gasteiger partial charge in [-0.15, -0.1) is 0 Å². The first-order valence-corrected chi connectivity index (χ1v) is 7.51. The number of carbonyl (C=O) groups excluding carboxylic acids is 1. The second kappa shape index (κ2) is 6.11. The van der Waals surface area contributed by atoms with Crippen LogP contribution in [-0.4, -0.2) is 9.86 Å². The summed E-state index contributed by atoms with van der Waals surface area (Å²) in [5.74, 6) is -0.565. The topological polar surface area (TPSA) is 51.1 Å². The van der Waals surface area contributed by atoms with E-state index in [1.165, 1.54) is 27.6 Å². The molecule has 22 heavy (non-hydrogen) atoms. The average Bonchev–Trinajstić information content (AvgIpc) is 2.83. The minimum absolute atomic E-state index is 0.0145. The van der Waals surface area contributed by atoms with Crippen LogP contribution in [0.4, 0.5) is 4.39 Å². The molecule has 3 rings (SSSR count). The molecule has 0 spiro atoms. The van der Waals surface area contributed by atoms with Crippen LogP contribution in [0.15, 0.2) is 53.3 Å². The van der Waals surface area contributed by atoms with Gasteiger partial charge in [-0.05, 0) is 29.8 Å². The van der Waals surface area contributed by atoms with Crippen LogP contribution < -0.4 is 10.9 Å². The molecule has 0 aliphatic rings. The highest BCUT2D eigenvalue weighted by molar-refractivity contribution is 7.13. The first-order valence-electron chi connectivity index (χ1n) is 6.73. The van der Waals surface area contributed by atoms with Crippen molar-refractivity contribution in [1.29, 1.82) is 0 Å². The number of halogens is 1. The van der Waals surface area contributed by atoms with Crippen LogP contribution in [0.2, 0.25) is 0 Å². The van der Waals surface area contributed by atoms with Gasteiger partial charge in [0.05, 0.1) is 10.1 Å². The van der Waals surface area contributed by atoms with E-state index in [1.807, 2.05) is 12.1 Å². The van der Waals surface area contributed by atoms with Gasteiger partial charge in [0.1, 0.15) is 12.4 Å². The van der Waals surface area contributed by atoms with E-state index in [9.17, 15) is 14.0 Å². The lowest BCUT2D eigenvalue weighted by Crippen LogP contribution is -2.29. The van der Waals surface area contributed by atoms with Crippen LogP contribution >= 0.6 is 11.5 Å². The third kappa shape index (κ3) is 3.07. The summed E-state index contributed by atoms with van der Waals surface area (Å²) in [6.45, 7) is 0.290.